The van der Waals surface area contributed by atoms with Crippen molar-refractivity contribution in [3.8, 4) is 0 Å². The number of hydrogen-bond acceptors (Lipinski definition) is 4. The van der Waals surface area contributed by atoms with E-state index in [1.54, 1.807) is 18.3 Å². The van der Waals surface area contributed by atoms with E-state index < -0.39 is 0 Å². The van der Waals surface area contributed by atoms with Gasteiger partial charge in [0.05, 0.1) is 12.3 Å². The number of halogens is 1. The molecule has 1 rings (SSSR count). The summed E-state index contributed by atoms with van der Waals surface area (Å²) in [7, 11) is 0. The molecule has 15 heavy (non-hydrogen) atoms. The summed E-state index contributed by atoms with van der Waals surface area (Å²) in [5.74, 6) is -0.279. The van der Waals surface area contributed by atoms with Crippen molar-refractivity contribution in [3.05, 3.63) is 23.5 Å². The molecule has 1 aromatic heterocycles. The molecule has 0 bridgehead atoms. The second-order valence-electron chi connectivity index (χ2n) is 2.73. The minimum Gasteiger partial charge on any atom is -0.370 e. The predicted octanol–water partition coefficient (Wildman–Crippen LogP) is 0.649. The highest BCUT2D eigenvalue weighted by Gasteiger charge is 2.05. The van der Waals surface area contributed by atoms with Gasteiger partial charge in [0.1, 0.15) is 6.61 Å². The van der Waals surface area contributed by atoms with Crippen molar-refractivity contribution < 1.29 is 9.53 Å². The Morgan fingerprint density at radius 3 is 3.13 bits per heavy atom. The lowest BCUT2D eigenvalue weighted by Crippen LogP contribution is -2.20. The van der Waals surface area contributed by atoms with Crippen molar-refractivity contribution in [1.82, 2.24) is 4.98 Å². The van der Waals surface area contributed by atoms with Gasteiger partial charge in [-0.2, -0.15) is 0 Å². The average molecular weight is 230 g/mol. The lowest BCUT2D eigenvalue weighted by molar-refractivity contribution is -0.120. The Bertz CT molecular complexity index is 333. The summed E-state index contributed by atoms with van der Waals surface area (Å²) in [5.41, 5.74) is 5.68. The summed E-state index contributed by atoms with van der Waals surface area (Å²) in [6, 6.07) is 3.35. The number of nitrogens with zero attached hydrogens (tertiary/aromatic N) is 1. The minimum atomic E-state index is -0.279. The summed E-state index contributed by atoms with van der Waals surface area (Å²) >= 11 is 5.74. The highest BCUT2D eigenvalue weighted by atomic mass is 35.5. The van der Waals surface area contributed by atoms with E-state index in [1.165, 1.54) is 0 Å². The van der Waals surface area contributed by atoms with Crippen molar-refractivity contribution in [2.45, 2.75) is 0 Å². The molecule has 1 heterocycles. The monoisotopic (exact) mass is 229 g/mol. The Morgan fingerprint density at radius 1 is 1.67 bits per heavy atom. The zero-order valence-electron chi connectivity index (χ0n) is 8.07. The van der Waals surface area contributed by atoms with Gasteiger partial charge in [0.2, 0.25) is 5.91 Å². The molecular weight excluding hydrogens is 218 g/mol. The Morgan fingerprint density at radius 2 is 2.47 bits per heavy atom. The number of pyridine rings is 1. The molecule has 1 aromatic rings. The number of amides is 1. The van der Waals surface area contributed by atoms with Gasteiger partial charge < -0.3 is 15.8 Å². The molecule has 0 aliphatic rings. The normalized spacial score (nSPS) is 10.0. The predicted molar refractivity (Wildman–Crippen MR) is 57.8 cm³/mol. The maximum Gasteiger partial charge on any atom is 0.250 e. The molecule has 6 heteroatoms. The first-order chi connectivity index (χ1) is 7.24. The fourth-order valence-corrected chi connectivity index (χ4v) is 1.08. The summed E-state index contributed by atoms with van der Waals surface area (Å²) in [4.78, 5) is 15.1. The van der Waals surface area contributed by atoms with E-state index in [-0.39, 0.29) is 17.7 Å². The van der Waals surface area contributed by atoms with Gasteiger partial charge in [0.25, 0.3) is 0 Å². The van der Waals surface area contributed by atoms with Crippen LogP contribution in [0.2, 0.25) is 5.15 Å². The average Bonchev–Trinajstić information content (AvgIpc) is 2.22. The van der Waals surface area contributed by atoms with Gasteiger partial charge in [0.15, 0.2) is 5.15 Å². The number of ether oxygens (including phenoxy) is 1. The van der Waals surface area contributed by atoms with Crippen molar-refractivity contribution in [1.29, 1.82) is 0 Å². The molecule has 1 amide bonds. The number of carbonyl (C=O) groups is 1. The first kappa shape index (κ1) is 11.9. The number of rotatable bonds is 5. The lowest BCUT2D eigenvalue weighted by Gasteiger charge is -2.06. The molecule has 0 aromatic carbocycles. The zero-order valence-corrected chi connectivity index (χ0v) is 8.83. The third-order valence-electron chi connectivity index (χ3n) is 1.53. The Kier molecular flexibility index (Phi) is 5.03. The largest absolute Gasteiger partial charge is 0.370 e. The third kappa shape index (κ3) is 4.24. The zero-order chi connectivity index (χ0) is 11.1. The number of nitrogens with one attached hydrogen (secondary N) is 1. The number of anilines is 1. The van der Waals surface area contributed by atoms with Crippen LogP contribution in [0.1, 0.15) is 0 Å². The lowest BCUT2D eigenvalue weighted by atomic mass is 10.4. The molecule has 0 aliphatic heterocycles. The van der Waals surface area contributed by atoms with Crippen LogP contribution in [0.5, 0.6) is 0 Å². The number of hydrogen-bond donors (Lipinski definition) is 2. The van der Waals surface area contributed by atoms with E-state index in [9.17, 15) is 4.79 Å². The molecule has 0 unspecified atom stereocenters. The number of aromatic nitrogens is 1. The standard InChI is InChI=1S/C9H12ClN3O2/c10-9-7(2-1-4-12-9)13-8(14)6-15-5-3-11/h1-2,4H,3,5-6,11H2,(H,13,14). The molecule has 3 N–H and O–H groups in total. The van der Waals surface area contributed by atoms with Gasteiger partial charge in [-0.1, -0.05) is 11.6 Å². The van der Waals surface area contributed by atoms with Gasteiger partial charge >= 0.3 is 0 Å². The second-order valence-corrected chi connectivity index (χ2v) is 3.09. The van der Waals surface area contributed by atoms with Crippen LogP contribution in [0.3, 0.4) is 0 Å². The number of carbonyl (C=O) groups excluding carboxylic acids is 1. The van der Waals surface area contributed by atoms with Crippen LogP contribution in [-0.4, -0.2) is 30.6 Å². The van der Waals surface area contributed by atoms with Gasteiger partial charge in [-0.3, -0.25) is 4.79 Å². The Labute approximate surface area is 92.6 Å². The van der Waals surface area contributed by atoms with Crippen LogP contribution in [0.25, 0.3) is 0 Å². The minimum absolute atomic E-state index is 0.0393. The molecule has 5 nitrogen and oxygen atoms in total. The highest BCUT2D eigenvalue weighted by molar-refractivity contribution is 6.32. The summed E-state index contributed by atoms with van der Waals surface area (Å²) in [5, 5.41) is 2.82. The molecular formula is C9H12ClN3O2. The van der Waals surface area contributed by atoms with Crippen molar-refractivity contribution in [2.24, 2.45) is 5.73 Å². The topological polar surface area (TPSA) is 77.2 Å². The molecule has 0 saturated heterocycles. The van der Waals surface area contributed by atoms with Gasteiger partial charge in [-0.05, 0) is 12.1 Å². The smallest absolute Gasteiger partial charge is 0.250 e. The van der Waals surface area contributed by atoms with Gasteiger partial charge in [-0.15, -0.1) is 0 Å². The van der Waals surface area contributed by atoms with Crippen molar-refractivity contribution in [2.75, 3.05) is 25.1 Å². The van der Waals surface area contributed by atoms with Crippen LogP contribution in [0.4, 0.5) is 5.69 Å². The first-order valence-corrected chi connectivity index (χ1v) is 4.80. The van der Waals surface area contributed by atoms with Crippen LogP contribution in [0.15, 0.2) is 18.3 Å². The number of nitrogens with two attached hydrogens (primary N) is 1. The molecule has 0 radical (unpaired) electrons. The van der Waals surface area contributed by atoms with Gasteiger partial charge in [-0.25, -0.2) is 4.98 Å². The van der Waals surface area contributed by atoms with Crippen LogP contribution in [0, 0.1) is 0 Å². The van der Waals surface area contributed by atoms with Crippen molar-refractivity contribution in [3.63, 3.8) is 0 Å². The molecule has 0 spiro atoms. The summed E-state index contributed by atoms with van der Waals surface area (Å²) in [6.45, 7) is 0.706. The van der Waals surface area contributed by atoms with Crippen LogP contribution >= 0.6 is 11.6 Å². The van der Waals surface area contributed by atoms with E-state index in [2.05, 4.69) is 10.3 Å². The van der Waals surface area contributed by atoms with E-state index in [0.29, 0.717) is 18.8 Å². The third-order valence-corrected chi connectivity index (χ3v) is 1.83. The fourth-order valence-electron chi connectivity index (χ4n) is 0.914. The molecule has 0 fully saturated rings. The fraction of sp³-hybridized carbons (Fsp3) is 0.333. The van der Waals surface area contributed by atoms with E-state index in [1.807, 2.05) is 0 Å². The van der Waals surface area contributed by atoms with E-state index in [4.69, 9.17) is 22.1 Å². The maximum atomic E-state index is 11.3. The quantitative estimate of drug-likeness (QED) is 0.574. The van der Waals surface area contributed by atoms with Crippen LogP contribution < -0.4 is 11.1 Å². The highest BCUT2D eigenvalue weighted by Crippen LogP contribution is 2.16. The molecule has 0 saturated carbocycles. The molecule has 0 aliphatic carbocycles. The van der Waals surface area contributed by atoms with Gasteiger partial charge in [0, 0.05) is 12.7 Å². The van der Waals surface area contributed by atoms with E-state index >= 15 is 0 Å². The van der Waals surface area contributed by atoms with E-state index in [0.717, 1.165) is 0 Å². The van der Waals surface area contributed by atoms with Crippen LogP contribution in [-0.2, 0) is 9.53 Å². The SMILES string of the molecule is NCCOCC(=O)Nc1cccnc1Cl. The summed E-state index contributed by atoms with van der Waals surface area (Å²) < 4.78 is 4.96. The Hall–Kier alpha value is -1.17. The Balaban J connectivity index is 2.41. The maximum absolute atomic E-state index is 11.3. The van der Waals surface area contributed by atoms with Crippen molar-refractivity contribution >= 4 is 23.2 Å². The first-order valence-electron chi connectivity index (χ1n) is 4.42. The molecule has 82 valence electrons. The molecule has 0 atom stereocenters. The summed E-state index contributed by atoms with van der Waals surface area (Å²) in [6.07, 6.45) is 1.54. The second kappa shape index (κ2) is 6.34.